The van der Waals surface area contributed by atoms with Gasteiger partial charge in [-0.2, -0.15) is 0 Å². The van der Waals surface area contributed by atoms with Crippen LogP contribution in [0.25, 0.3) is 5.57 Å². The zero-order valence-corrected chi connectivity index (χ0v) is 20.1. The van der Waals surface area contributed by atoms with Crippen LogP contribution in [0.1, 0.15) is 36.8 Å². The number of hydrogen-bond acceptors (Lipinski definition) is 2. The maximum atomic E-state index is 14.2. The van der Waals surface area contributed by atoms with Crippen molar-refractivity contribution in [2.75, 3.05) is 28.3 Å². The molecule has 0 aromatic heterocycles. The lowest BCUT2D eigenvalue weighted by Crippen LogP contribution is -3.00. The third-order valence-electron chi connectivity index (χ3n) is 7.17. The molecule has 0 radical (unpaired) electrons. The fraction of sp³-hybridized carbons (Fsp3) is 0.440. The summed E-state index contributed by atoms with van der Waals surface area (Å²) in [5.41, 5.74) is 2.00. The van der Waals surface area contributed by atoms with Gasteiger partial charge in [-0.1, -0.05) is 6.08 Å². The molecule has 0 amide bonds. The molecule has 31 heavy (non-hydrogen) atoms. The topological polar surface area (TPSA) is 18.5 Å². The number of fused-ring (bicyclic) bond motifs is 2. The molecule has 2 bridgehead atoms. The van der Waals surface area contributed by atoms with E-state index in [9.17, 15) is 8.78 Å². The predicted octanol–water partition coefficient (Wildman–Crippen LogP) is 2.44. The average Bonchev–Trinajstić information content (AvgIpc) is 2.88. The number of allylic oxidation sites excluding steroid dienone is 1. The first kappa shape index (κ1) is 23.7. The Morgan fingerprint density at radius 1 is 0.871 bits per heavy atom. The highest BCUT2D eigenvalue weighted by Crippen LogP contribution is 2.45. The Labute approximate surface area is 194 Å². The van der Waals surface area contributed by atoms with Crippen molar-refractivity contribution in [2.45, 2.75) is 37.8 Å². The molecule has 2 aliphatic heterocycles. The lowest BCUT2D eigenvalue weighted by atomic mass is 9.84. The molecule has 6 heteroatoms. The molecule has 2 heterocycles. The number of hydrogen-bond donors (Lipinski definition) is 0. The second kappa shape index (κ2) is 9.29. The Kier molecular flexibility index (Phi) is 7.11. The van der Waals surface area contributed by atoms with Gasteiger partial charge in [0.15, 0.2) is 0 Å². The van der Waals surface area contributed by atoms with Crippen LogP contribution in [-0.4, -0.2) is 44.9 Å². The van der Waals surface area contributed by atoms with Crippen molar-refractivity contribution in [1.82, 2.24) is 0 Å². The molecule has 2 aromatic rings. The van der Waals surface area contributed by atoms with Crippen molar-refractivity contribution >= 4 is 5.57 Å². The first-order valence-corrected chi connectivity index (χ1v) is 10.6. The first-order valence-electron chi connectivity index (χ1n) is 10.6. The van der Waals surface area contributed by atoms with Crippen LogP contribution >= 0.6 is 0 Å². The van der Waals surface area contributed by atoms with Gasteiger partial charge in [-0.05, 0) is 47.9 Å². The number of nitrogens with zero attached hydrogens (tertiary/aromatic N) is 1. The summed E-state index contributed by atoms with van der Waals surface area (Å²) in [5.74, 6) is 0.750. The minimum Gasteiger partial charge on any atom is -1.00 e. The van der Waals surface area contributed by atoms with Gasteiger partial charge in [0.1, 0.15) is 23.1 Å². The molecule has 168 valence electrons. The highest BCUT2D eigenvalue weighted by molar-refractivity contribution is 5.85. The molecule has 2 fully saturated rings. The van der Waals surface area contributed by atoms with Crippen LogP contribution in [0.2, 0.25) is 0 Å². The summed E-state index contributed by atoms with van der Waals surface area (Å²) < 4.78 is 40.6. The van der Waals surface area contributed by atoms with Gasteiger partial charge in [0.25, 0.3) is 0 Å². The fourth-order valence-electron chi connectivity index (χ4n) is 5.40. The van der Waals surface area contributed by atoms with Gasteiger partial charge < -0.3 is 30.9 Å². The number of methoxy groups -OCH3 is 2. The Hall–Kier alpha value is -1.92. The minimum absolute atomic E-state index is 0. The monoisotopic (exact) mass is 493 g/mol. The SMILES string of the molecule is COc1ccc(F)cc1C(=C[C@H]1C[C@H]2CC[C@@H](C1)[N+]2(C)C)c1cc(F)ccc1OC.[Br-]. The minimum atomic E-state index is -0.353. The third kappa shape index (κ3) is 4.51. The molecule has 4 rings (SSSR count). The zero-order chi connectivity index (χ0) is 21.5. The van der Waals surface area contributed by atoms with Crippen LogP contribution in [0.3, 0.4) is 0 Å². The average molecular weight is 494 g/mol. The molecule has 0 saturated carbocycles. The van der Waals surface area contributed by atoms with Gasteiger partial charge >= 0.3 is 0 Å². The number of rotatable bonds is 5. The number of ether oxygens (including phenoxy) is 2. The summed E-state index contributed by atoms with van der Waals surface area (Å²) >= 11 is 0. The van der Waals surface area contributed by atoms with Gasteiger partial charge in [-0.15, -0.1) is 0 Å². The molecule has 2 aromatic carbocycles. The van der Waals surface area contributed by atoms with Gasteiger partial charge in [0.2, 0.25) is 0 Å². The summed E-state index contributed by atoms with van der Waals surface area (Å²) in [7, 11) is 7.79. The molecule has 3 atom stereocenters. The second-order valence-corrected chi connectivity index (χ2v) is 9.02. The van der Waals surface area contributed by atoms with Crippen molar-refractivity contribution in [1.29, 1.82) is 0 Å². The van der Waals surface area contributed by atoms with Gasteiger partial charge in [0, 0.05) is 36.8 Å². The van der Waals surface area contributed by atoms with E-state index in [0.29, 0.717) is 40.6 Å². The molecule has 2 aliphatic rings. The Bertz CT molecular complexity index is 904. The molecule has 2 saturated heterocycles. The summed E-state index contributed by atoms with van der Waals surface area (Å²) in [6.07, 6.45) is 6.82. The van der Waals surface area contributed by atoms with E-state index in [1.54, 1.807) is 26.4 Å². The normalized spacial score (nSPS) is 23.6. The summed E-state index contributed by atoms with van der Waals surface area (Å²) in [4.78, 5) is 0. The van der Waals surface area contributed by atoms with Crippen molar-refractivity contribution < 1.29 is 39.7 Å². The Morgan fingerprint density at radius 3 is 1.74 bits per heavy atom. The van der Waals surface area contributed by atoms with Crippen molar-refractivity contribution in [3.63, 3.8) is 0 Å². The molecule has 0 N–H and O–H groups in total. The smallest absolute Gasteiger partial charge is 0.126 e. The summed E-state index contributed by atoms with van der Waals surface area (Å²) in [6, 6.07) is 10.2. The zero-order valence-electron chi connectivity index (χ0n) is 18.5. The van der Waals surface area contributed by atoms with Crippen LogP contribution in [0, 0.1) is 17.6 Å². The van der Waals surface area contributed by atoms with E-state index in [4.69, 9.17) is 9.47 Å². The van der Waals surface area contributed by atoms with Gasteiger partial charge in [0.05, 0.1) is 40.4 Å². The lowest BCUT2D eigenvalue weighted by molar-refractivity contribution is -0.931. The van der Waals surface area contributed by atoms with E-state index in [2.05, 4.69) is 20.2 Å². The fourth-order valence-corrected chi connectivity index (χ4v) is 5.40. The Balaban J connectivity index is 0.00000272. The third-order valence-corrected chi connectivity index (χ3v) is 7.17. The summed E-state index contributed by atoms with van der Waals surface area (Å²) in [5, 5.41) is 0. The predicted molar refractivity (Wildman–Crippen MR) is 115 cm³/mol. The van der Waals surface area contributed by atoms with Crippen molar-refractivity contribution in [3.05, 3.63) is 65.2 Å². The van der Waals surface area contributed by atoms with Gasteiger partial charge in [-0.3, -0.25) is 0 Å². The van der Waals surface area contributed by atoms with Crippen LogP contribution in [0.4, 0.5) is 8.78 Å². The number of piperidine rings is 1. The van der Waals surface area contributed by atoms with Crippen LogP contribution in [0.15, 0.2) is 42.5 Å². The lowest BCUT2D eigenvalue weighted by Gasteiger charge is -2.44. The maximum absolute atomic E-state index is 14.2. The second-order valence-electron chi connectivity index (χ2n) is 9.02. The largest absolute Gasteiger partial charge is 1.00 e. The van der Waals surface area contributed by atoms with E-state index < -0.39 is 0 Å². The number of benzene rings is 2. The molecular formula is C25H30BrF2NO2. The highest BCUT2D eigenvalue weighted by atomic mass is 79.9. The van der Waals surface area contributed by atoms with E-state index in [1.165, 1.54) is 37.1 Å². The summed E-state index contributed by atoms with van der Waals surface area (Å²) in [6.45, 7) is 0. The van der Waals surface area contributed by atoms with E-state index in [-0.39, 0.29) is 28.6 Å². The quantitative estimate of drug-likeness (QED) is 0.595. The molecule has 0 aliphatic carbocycles. The van der Waals surface area contributed by atoms with E-state index >= 15 is 0 Å². The van der Waals surface area contributed by atoms with Gasteiger partial charge in [-0.25, -0.2) is 8.78 Å². The van der Waals surface area contributed by atoms with Crippen molar-refractivity contribution in [2.24, 2.45) is 5.92 Å². The first-order chi connectivity index (χ1) is 14.3. The van der Waals surface area contributed by atoms with E-state index in [1.807, 2.05) is 0 Å². The van der Waals surface area contributed by atoms with Crippen LogP contribution < -0.4 is 26.5 Å². The number of halogens is 3. The molecular weight excluding hydrogens is 464 g/mol. The maximum Gasteiger partial charge on any atom is 0.126 e. The highest BCUT2D eigenvalue weighted by Gasteiger charge is 2.48. The van der Waals surface area contributed by atoms with Crippen molar-refractivity contribution in [3.8, 4) is 11.5 Å². The van der Waals surface area contributed by atoms with Crippen LogP contribution in [-0.2, 0) is 0 Å². The van der Waals surface area contributed by atoms with E-state index in [0.717, 1.165) is 22.9 Å². The number of quaternary nitrogens is 1. The Morgan fingerprint density at radius 2 is 1.32 bits per heavy atom. The standard InChI is InChI=1S/C25H30F2NO2.BrH/c1-28(2)19-7-8-20(28)12-16(11-19)13-21(22-14-17(26)5-9-24(22)29-3)23-15-18(27)6-10-25(23)30-4;/h5-6,9-10,13-16,19-20H,7-8,11-12H2,1-4H3;1H/q+1;/p-1/t16-,19+,20-;. The molecule has 0 unspecified atom stereocenters. The van der Waals surface area contributed by atoms with Crippen LogP contribution in [0.5, 0.6) is 11.5 Å². The molecule has 0 spiro atoms. The molecule has 3 nitrogen and oxygen atoms in total.